The number of fused-ring (bicyclic) bond motifs is 7. The molecule has 0 aliphatic carbocycles. The second-order valence-electron chi connectivity index (χ2n) is 12.1. The van der Waals surface area contributed by atoms with E-state index < -0.39 is 72.0 Å². The van der Waals surface area contributed by atoms with Crippen LogP contribution in [0.2, 0.25) is 0 Å². The Labute approximate surface area is 305 Å². The molecule has 0 saturated heterocycles. The molecule has 0 aliphatic heterocycles. The lowest BCUT2D eigenvalue weighted by atomic mass is 9.97. The fourth-order valence-electron chi connectivity index (χ4n) is 6.94. The molecule has 2 heteroatoms. The van der Waals surface area contributed by atoms with E-state index in [0.29, 0.717) is 27.9 Å². The summed E-state index contributed by atoms with van der Waals surface area (Å²) in [6, 6.07) is 32.3. The zero-order chi connectivity index (χ0) is 42.6. The second-order valence-corrected chi connectivity index (χ2v) is 12.1. The highest BCUT2D eigenvalue weighted by Gasteiger charge is 2.21. The maximum absolute atomic E-state index is 9.71. The molecular weight excluding hydrogens is 607 g/mol. The van der Waals surface area contributed by atoms with E-state index in [9.17, 15) is 5.48 Å². The first-order valence-corrected chi connectivity index (χ1v) is 16.2. The van der Waals surface area contributed by atoms with Crippen LogP contribution in [-0.2, 0) is 0 Å². The fourth-order valence-corrected chi connectivity index (χ4v) is 6.94. The molecule has 10 aromatic rings. The van der Waals surface area contributed by atoms with Gasteiger partial charge in [0.05, 0.1) is 26.2 Å². The Balaban J connectivity index is 1.30. The van der Waals surface area contributed by atoms with E-state index in [-0.39, 0.29) is 22.0 Å². The summed E-state index contributed by atoms with van der Waals surface area (Å²) in [6.45, 7) is 0. The van der Waals surface area contributed by atoms with Crippen LogP contribution < -0.4 is 4.90 Å². The molecule has 0 aliphatic rings. The van der Waals surface area contributed by atoms with Gasteiger partial charge in [0.2, 0.25) is 0 Å². The summed E-state index contributed by atoms with van der Waals surface area (Å²) in [7, 11) is 0. The van der Waals surface area contributed by atoms with Crippen LogP contribution in [0.1, 0.15) is 15.1 Å². The summed E-state index contributed by atoms with van der Waals surface area (Å²) in [5, 5.41) is 4.69. The van der Waals surface area contributed by atoms with Gasteiger partial charge in [-0.05, 0) is 91.6 Å². The van der Waals surface area contributed by atoms with Crippen molar-refractivity contribution < 1.29 is 19.5 Å². The summed E-state index contributed by atoms with van der Waals surface area (Å²) in [4.78, 5) is 1.68. The van der Waals surface area contributed by atoms with E-state index >= 15 is 0 Å². The van der Waals surface area contributed by atoms with E-state index in [0.717, 1.165) is 38.1 Å². The minimum atomic E-state index is -0.675. The number of hydrogen-bond donors (Lipinski definition) is 0. The minimum absolute atomic E-state index is 0.127. The Hall–Kier alpha value is -6.64. The molecule has 1 heterocycles. The molecule has 50 heavy (non-hydrogen) atoms. The third-order valence-electron chi connectivity index (χ3n) is 9.21. The van der Waals surface area contributed by atoms with Gasteiger partial charge in [0.25, 0.3) is 0 Å². The summed E-state index contributed by atoms with van der Waals surface area (Å²) >= 11 is 0. The molecule has 10 rings (SSSR count). The molecule has 0 bridgehead atoms. The van der Waals surface area contributed by atoms with Crippen molar-refractivity contribution in [1.82, 2.24) is 0 Å². The highest BCUT2D eigenvalue weighted by atomic mass is 16.3. The molecule has 0 amide bonds. The van der Waals surface area contributed by atoms with Crippen LogP contribution in [0.4, 0.5) is 17.1 Å². The molecular formula is C48H31NO. The van der Waals surface area contributed by atoms with Gasteiger partial charge in [-0.25, -0.2) is 0 Å². The predicted molar refractivity (Wildman–Crippen MR) is 212 cm³/mol. The van der Waals surface area contributed by atoms with Gasteiger partial charge >= 0.3 is 0 Å². The average molecular weight is 649 g/mol. The first-order chi connectivity index (χ1) is 29.4. The molecule has 234 valence electrons. The lowest BCUT2D eigenvalue weighted by Crippen LogP contribution is -2.10. The van der Waals surface area contributed by atoms with Gasteiger partial charge in [0.15, 0.2) is 0 Å². The van der Waals surface area contributed by atoms with Gasteiger partial charge in [0, 0.05) is 22.1 Å². The van der Waals surface area contributed by atoms with E-state index in [4.69, 9.17) is 14.0 Å². The van der Waals surface area contributed by atoms with Crippen LogP contribution in [-0.4, -0.2) is 0 Å². The molecule has 0 spiro atoms. The Morgan fingerprint density at radius 1 is 0.440 bits per heavy atom. The zero-order valence-corrected chi connectivity index (χ0v) is 26.4. The van der Waals surface area contributed by atoms with Crippen LogP contribution >= 0.6 is 0 Å². The molecule has 0 saturated carbocycles. The highest BCUT2D eigenvalue weighted by molar-refractivity contribution is 6.19. The Morgan fingerprint density at radius 3 is 2.08 bits per heavy atom. The van der Waals surface area contributed by atoms with Crippen LogP contribution in [0.25, 0.3) is 76.5 Å². The minimum Gasteiger partial charge on any atom is -0.455 e. The maximum atomic E-state index is 9.71. The van der Waals surface area contributed by atoms with Crippen molar-refractivity contribution in [2.24, 2.45) is 0 Å². The first kappa shape index (κ1) is 19.4. The van der Waals surface area contributed by atoms with Crippen LogP contribution in [0.3, 0.4) is 0 Å². The Kier molecular flexibility index (Phi) is 4.46. The molecule has 0 radical (unpaired) electrons. The highest BCUT2D eigenvalue weighted by Crippen LogP contribution is 2.45. The molecule has 2 nitrogen and oxygen atoms in total. The van der Waals surface area contributed by atoms with E-state index in [1.54, 1.807) is 11.0 Å². The third kappa shape index (κ3) is 4.57. The number of rotatable bonds is 5. The van der Waals surface area contributed by atoms with Gasteiger partial charge in [0.1, 0.15) is 11.2 Å². The monoisotopic (exact) mass is 648 g/mol. The third-order valence-corrected chi connectivity index (χ3v) is 9.21. The smallest absolute Gasteiger partial charge is 0.143 e. The molecule has 0 atom stereocenters. The normalized spacial score (nSPS) is 14.7. The summed E-state index contributed by atoms with van der Waals surface area (Å²) in [5.41, 5.74) is 3.03. The van der Waals surface area contributed by atoms with Crippen LogP contribution in [0, 0.1) is 0 Å². The zero-order valence-electron chi connectivity index (χ0n) is 37.4. The van der Waals surface area contributed by atoms with Gasteiger partial charge in [-0.1, -0.05) is 145 Å². The van der Waals surface area contributed by atoms with Crippen LogP contribution in [0.5, 0.6) is 0 Å². The number of benzene rings is 9. The quantitative estimate of drug-likeness (QED) is 0.185. The first-order valence-electron chi connectivity index (χ1n) is 21.7. The number of furan rings is 1. The standard InChI is InChI=1S/C48H31NO/c1-4-18-39-32(11-1)14-8-21-41(39)35-25-28-37(29-26-35)49(38-17-7-16-36(31-38)42-22-9-15-33-12-2-5-19-40(33)42)45-23-10-24-46-47(45)44-30-27-34-13-3-6-20-43(34)48(44)50-46/h1-31H/i1D,4D,8D,11D,14D,18D,21D,25D,26D,28D,29D. The second kappa shape index (κ2) is 11.5. The number of hydrogen-bond acceptors (Lipinski definition) is 2. The molecule has 1 aromatic heterocycles. The van der Waals surface area contributed by atoms with E-state index in [1.807, 2.05) is 115 Å². The van der Waals surface area contributed by atoms with Gasteiger partial charge in [-0.2, -0.15) is 0 Å². The maximum Gasteiger partial charge on any atom is 0.143 e. The van der Waals surface area contributed by atoms with Gasteiger partial charge in [-0.3, -0.25) is 0 Å². The lowest BCUT2D eigenvalue weighted by molar-refractivity contribution is 0.672. The molecule has 0 unspecified atom stereocenters. The molecule has 0 fully saturated rings. The number of nitrogens with zero attached hydrogens (tertiary/aromatic N) is 1. The Morgan fingerprint density at radius 2 is 1.18 bits per heavy atom. The Bertz CT molecular complexity index is 3480. The van der Waals surface area contributed by atoms with Crippen molar-refractivity contribution in [2.75, 3.05) is 4.90 Å². The SMILES string of the molecule is [2H]c1c([2H])c(N(c2cccc(-c3cccc4ccccc34)c2)c2cccc3oc4c5ccccc5ccc4c23)c([2H])c([2H])c1-c1c([2H])c([2H])c([2H])c2c([2H])c([2H])c([2H])c([2H])c12. The summed E-state index contributed by atoms with van der Waals surface area (Å²) in [6.07, 6.45) is 0. The topological polar surface area (TPSA) is 16.4 Å². The predicted octanol–water partition coefficient (Wildman–Crippen LogP) is 13.8. The lowest BCUT2D eigenvalue weighted by Gasteiger charge is -2.27. The summed E-state index contributed by atoms with van der Waals surface area (Å²) in [5.74, 6) is 0. The van der Waals surface area contributed by atoms with E-state index in [2.05, 4.69) is 0 Å². The average Bonchev–Trinajstić information content (AvgIpc) is 3.68. The largest absolute Gasteiger partial charge is 0.455 e. The van der Waals surface area contributed by atoms with Crippen molar-refractivity contribution in [1.29, 1.82) is 0 Å². The van der Waals surface area contributed by atoms with E-state index in [1.165, 1.54) is 0 Å². The van der Waals surface area contributed by atoms with Crippen molar-refractivity contribution >= 4 is 71.3 Å². The van der Waals surface area contributed by atoms with Gasteiger partial charge in [-0.15, -0.1) is 0 Å². The molecule has 0 N–H and O–H groups in total. The van der Waals surface area contributed by atoms with Crippen molar-refractivity contribution in [3.05, 3.63) is 188 Å². The van der Waals surface area contributed by atoms with Crippen molar-refractivity contribution in [2.45, 2.75) is 0 Å². The van der Waals surface area contributed by atoms with Crippen LogP contribution in [0.15, 0.2) is 192 Å². The fraction of sp³-hybridized carbons (Fsp3) is 0. The van der Waals surface area contributed by atoms with Crippen molar-refractivity contribution in [3.63, 3.8) is 0 Å². The number of anilines is 3. The van der Waals surface area contributed by atoms with Gasteiger partial charge < -0.3 is 9.32 Å². The molecule has 9 aromatic carbocycles. The summed E-state index contributed by atoms with van der Waals surface area (Å²) < 4.78 is 105. The van der Waals surface area contributed by atoms with Crippen molar-refractivity contribution in [3.8, 4) is 22.3 Å².